The molecule has 0 saturated heterocycles. The summed E-state index contributed by atoms with van der Waals surface area (Å²) < 4.78 is 4.94. The highest BCUT2D eigenvalue weighted by atomic mass is 32.1. The monoisotopic (exact) mass is 317 g/mol. The van der Waals surface area contributed by atoms with E-state index in [0.29, 0.717) is 24.6 Å². The summed E-state index contributed by atoms with van der Waals surface area (Å²) in [5.41, 5.74) is 1.04. The van der Waals surface area contributed by atoms with Crippen molar-refractivity contribution in [2.24, 2.45) is 0 Å². The number of esters is 1. The van der Waals surface area contributed by atoms with E-state index >= 15 is 0 Å². The molecule has 0 unspecified atom stereocenters. The maximum atomic E-state index is 12.6. The lowest BCUT2D eigenvalue weighted by molar-refractivity contribution is -0.143. The van der Waals surface area contributed by atoms with E-state index in [0.717, 1.165) is 5.56 Å². The Bertz CT molecular complexity index is 596. The van der Waals surface area contributed by atoms with Crippen LogP contribution >= 0.6 is 11.3 Å². The molecule has 1 aromatic carbocycles. The molecular weight excluding hydrogens is 298 g/mol. The Morgan fingerprint density at radius 2 is 1.91 bits per heavy atom. The number of hydrogen-bond donors (Lipinski definition) is 0. The van der Waals surface area contributed by atoms with Gasteiger partial charge in [-0.3, -0.25) is 9.59 Å². The van der Waals surface area contributed by atoms with Crippen molar-refractivity contribution in [1.29, 1.82) is 0 Å². The van der Waals surface area contributed by atoms with E-state index in [4.69, 9.17) is 4.74 Å². The number of thiophene rings is 1. The third-order valence-corrected chi connectivity index (χ3v) is 3.98. The molecule has 5 heteroatoms. The van der Waals surface area contributed by atoms with E-state index in [1.165, 1.54) is 11.3 Å². The SMILES string of the molecule is CCOC(=O)CCN(Cc1ccccc1)C(=O)c1cccs1. The molecule has 0 bridgehead atoms. The molecule has 0 N–H and O–H groups in total. The van der Waals surface area contributed by atoms with Crippen LogP contribution in [0.15, 0.2) is 47.8 Å². The van der Waals surface area contributed by atoms with Crippen LogP contribution in [-0.4, -0.2) is 29.9 Å². The molecule has 2 aromatic rings. The Hall–Kier alpha value is -2.14. The fraction of sp³-hybridized carbons (Fsp3) is 0.294. The lowest BCUT2D eigenvalue weighted by atomic mass is 10.2. The van der Waals surface area contributed by atoms with Crippen LogP contribution in [0.5, 0.6) is 0 Å². The molecular formula is C17H19NO3S. The third-order valence-electron chi connectivity index (χ3n) is 3.13. The van der Waals surface area contributed by atoms with Crippen molar-refractivity contribution in [3.8, 4) is 0 Å². The van der Waals surface area contributed by atoms with Crippen molar-refractivity contribution in [3.63, 3.8) is 0 Å². The highest BCUT2D eigenvalue weighted by Gasteiger charge is 2.18. The second kappa shape index (κ2) is 8.34. The summed E-state index contributed by atoms with van der Waals surface area (Å²) in [5, 5.41) is 1.87. The zero-order valence-corrected chi connectivity index (χ0v) is 13.3. The minimum absolute atomic E-state index is 0.0526. The molecule has 0 fully saturated rings. The van der Waals surface area contributed by atoms with E-state index in [-0.39, 0.29) is 18.3 Å². The van der Waals surface area contributed by atoms with Crippen LogP contribution in [0.25, 0.3) is 0 Å². The quantitative estimate of drug-likeness (QED) is 0.736. The van der Waals surface area contributed by atoms with E-state index in [2.05, 4.69) is 0 Å². The number of hydrogen-bond acceptors (Lipinski definition) is 4. The Labute approximate surface area is 134 Å². The maximum Gasteiger partial charge on any atom is 0.307 e. The van der Waals surface area contributed by atoms with Crippen molar-refractivity contribution in [2.45, 2.75) is 19.9 Å². The molecule has 0 saturated carbocycles. The number of carbonyl (C=O) groups is 2. The molecule has 116 valence electrons. The van der Waals surface area contributed by atoms with Crippen molar-refractivity contribution in [1.82, 2.24) is 4.90 Å². The van der Waals surface area contributed by atoms with Gasteiger partial charge in [0.25, 0.3) is 5.91 Å². The first-order valence-corrected chi connectivity index (χ1v) is 8.11. The Morgan fingerprint density at radius 3 is 2.55 bits per heavy atom. The van der Waals surface area contributed by atoms with Gasteiger partial charge in [0.05, 0.1) is 17.9 Å². The smallest absolute Gasteiger partial charge is 0.307 e. The summed E-state index contributed by atoms with van der Waals surface area (Å²) >= 11 is 1.41. The van der Waals surface area contributed by atoms with Gasteiger partial charge in [0.1, 0.15) is 0 Å². The van der Waals surface area contributed by atoms with E-state index < -0.39 is 0 Å². The Morgan fingerprint density at radius 1 is 1.14 bits per heavy atom. The lowest BCUT2D eigenvalue weighted by Gasteiger charge is -2.22. The molecule has 1 amide bonds. The van der Waals surface area contributed by atoms with E-state index in [9.17, 15) is 9.59 Å². The van der Waals surface area contributed by atoms with Crippen LogP contribution in [0.2, 0.25) is 0 Å². The van der Waals surface area contributed by atoms with Gasteiger partial charge >= 0.3 is 5.97 Å². The standard InChI is InChI=1S/C17H19NO3S/c1-2-21-16(19)10-11-18(13-14-7-4-3-5-8-14)17(20)15-9-6-12-22-15/h3-9,12H,2,10-11,13H2,1H3. The molecule has 2 rings (SSSR count). The molecule has 1 heterocycles. The van der Waals surface area contributed by atoms with Crippen LogP contribution in [0.4, 0.5) is 0 Å². The normalized spacial score (nSPS) is 10.2. The highest BCUT2D eigenvalue weighted by Crippen LogP contribution is 2.15. The predicted molar refractivity (Wildman–Crippen MR) is 86.8 cm³/mol. The van der Waals surface area contributed by atoms with Crippen molar-refractivity contribution in [2.75, 3.05) is 13.2 Å². The van der Waals surface area contributed by atoms with Crippen LogP contribution in [0.3, 0.4) is 0 Å². The van der Waals surface area contributed by atoms with Crippen LogP contribution in [-0.2, 0) is 16.1 Å². The average Bonchev–Trinajstić information content (AvgIpc) is 3.06. The largest absolute Gasteiger partial charge is 0.466 e. The summed E-state index contributed by atoms with van der Waals surface area (Å²) in [4.78, 5) is 26.5. The molecule has 0 spiro atoms. The topological polar surface area (TPSA) is 46.6 Å². The summed E-state index contributed by atoms with van der Waals surface area (Å²) in [6.07, 6.45) is 0.206. The predicted octanol–water partition coefficient (Wildman–Crippen LogP) is 3.34. The Kier molecular flexibility index (Phi) is 6.15. The summed E-state index contributed by atoms with van der Waals surface area (Å²) in [6, 6.07) is 13.4. The summed E-state index contributed by atoms with van der Waals surface area (Å²) in [6.45, 7) is 2.97. The first kappa shape index (κ1) is 16.2. The van der Waals surface area contributed by atoms with Crippen LogP contribution < -0.4 is 0 Å². The van der Waals surface area contributed by atoms with Gasteiger partial charge in [-0.2, -0.15) is 0 Å². The molecule has 0 aliphatic carbocycles. The number of nitrogens with zero attached hydrogens (tertiary/aromatic N) is 1. The number of carbonyl (C=O) groups excluding carboxylic acids is 2. The fourth-order valence-electron chi connectivity index (χ4n) is 2.07. The highest BCUT2D eigenvalue weighted by molar-refractivity contribution is 7.12. The number of rotatable bonds is 7. The molecule has 0 atom stereocenters. The lowest BCUT2D eigenvalue weighted by Crippen LogP contribution is -2.32. The second-order valence-corrected chi connectivity index (χ2v) is 5.69. The van der Waals surface area contributed by atoms with Crippen molar-refractivity contribution >= 4 is 23.2 Å². The molecule has 0 aliphatic heterocycles. The van der Waals surface area contributed by atoms with Crippen LogP contribution in [0.1, 0.15) is 28.6 Å². The minimum Gasteiger partial charge on any atom is -0.466 e. The number of amides is 1. The van der Waals surface area contributed by atoms with E-state index in [1.807, 2.05) is 41.8 Å². The van der Waals surface area contributed by atoms with Gasteiger partial charge in [-0.25, -0.2) is 0 Å². The maximum absolute atomic E-state index is 12.6. The van der Waals surface area contributed by atoms with Gasteiger partial charge in [-0.1, -0.05) is 36.4 Å². The van der Waals surface area contributed by atoms with Crippen LogP contribution in [0, 0.1) is 0 Å². The van der Waals surface area contributed by atoms with Crippen molar-refractivity contribution < 1.29 is 14.3 Å². The molecule has 0 radical (unpaired) electrons. The van der Waals surface area contributed by atoms with Gasteiger partial charge in [0.2, 0.25) is 0 Å². The zero-order valence-electron chi connectivity index (χ0n) is 12.5. The number of ether oxygens (including phenoxy) is 1. The van der Waals surface area contributed by atoms with Gasteiger partial charge in [-0.05, 0) is 23.9 Å². The zero-order chi connectivity index (χ0) is 15.8. The first-order chi connectivity index (χ1) is 10.7. The third kappa shape index (κ3) is 4.70. The first-order valence-electron chi connectivity index (χ1n) is 7.23. The summed E-state index contributed by atoms with van der Waals surface area (Å²) in [7, 11) is 0. The fourth-order valence-corrected chi connectivity index (χ4v) is 2.76. The van der Waals surface area contributed by atoms with Gasteiger partial charge in [0.15, 0.2) is 0 Å². The van der Waals surface area contributed by atoms with Crippen molar-refractivity contribution in [3.05, 3.63) is 58.3 Å². The molecule has 4 nitrogen and oxygen atoms in total. The molecule has 1 aromatic heterocycles. The van der Waals surface area contributed by atoms with Gasteiger partial charge in [0, 0.05) is 13.1 Å². The van der Waals surface area contributed by atoms with E-state index in [1.54, 1.807) is 17.9 Å². The second-order valence-electron chi connectivity index (χ2n) is 4.74. The minimum atomic E-state index is -0.278. The van der Waals surface area contributed by atoms with Gasteiger partial charge < -0.3 is 9.64 Å². The number of benzene rings is 1. The van der Waals surface area contributed by atoms with Gasteiger partial charge in [-0.15, -0.1) is 11.3 Å². The average molecular weight is 317 g/mol. The molecule has 22 heavy (non-hydrogen) atoms. The summed E-state index contributed by atoms with van der Waals surface area (Å²) in [5.74, 6) is -0.331. The molecule has 0 aliphatic rings. The Balaban J connectivity index is 2.06.